The summed E-state index contributed by atoms with van der Waals surface area (Å²) in [6.45, 7) is 21.3. The Balaban J connectivity index is 1.97. The smallest absolute Gasteiger partial charge is 0.0375 e. The summed E-state index contributed by atoms with van der Waals surface area (Å²) in [4.78, 5) is 1.48. The van der Waals surface area contributed by atoms with Crippen LogP contribution in [0.1, 0.15) is 73.4 Å². The van der Waals surface area contributed by atoms with Crippen LogP contribution in [0, 0.1) is 11.3 Å². The second kappa shape index (κ2) is 7.41. The number of rotatable bonds is 1. The van der Waals surface area contributed by atoms with Gasteiger partial charge < -0.3 is 0 Å². The van der Waals surface area contributed by atoms with Crippen molar-refractivity contribution in [2.24, 2.45) is 11.3 Å². The minimum atomic E-state index is 0.0715. The average molecular weight is 431 g/mol. The number of hydrogen-bond acceptors (Lipinski definition) is 1. The zero-order valence-corrected chi connectivity index (χ0v) is 21.6. The molecule has 0 bridgehead atoms. The molecule has 0 amide bonds. The van der Waals surface area contributed by atoms with Gasteiger partial charge in [0.1, 0.15) is 0 Å². The van der Waals surface area contributed by atoms with Crippen LogP contribution in [-0.2, 0) is 10.8 Å². The Morgan fingerprint density at radius 2 is 1.52 bits per heavy atom. The summed E-state index contributed by atoms with van der Waals surface area (Å²) in [5.74, 6) is 0.503. The van der Waals surface area contributed by atoms with Gasteiger partial charge in [0.15, 0.2) is 0 Å². The van der Waals surface area contributed by atoms with Crippen LogP contribution in [0.4, 0.5) is 0 Å². The molecule has 164 valence electrons. The zero-order chi connectivity index (χ0) is 22.8. The van der Waals surface area contributed by atoms with Crippen molar-refractivity contribution in [2.75, 3.05) is 0 Å². The van der Waals surface area contributed by atoms with Crippen LogP contribution in [0.5, 0.6) is 0 Å². The third kappa shape index (κ3) is 3.95. The summed E-state index contributed by atoms with van der Waals surface area (Å²) < 4.78 is 0. The largest absolute Gasteiger partial charge is 0.117 e. The molecule has 0 nitrogen and oxygen atoms in total. The van der Waals surface area contributed by atoms with Crippen molar-refractivity contribution < 1.29 is 0 Å². The lowest BCUT2D eigenvalue weighted by Gasteiger charge is -2.48. The number of benzene rings is 2. The Morgan fingerprint density at radius 1 is 0.871 bits per heavy atom. The highest BCUT2D eigenvalue weighted by atomic mass is 32.2. The van der Waals surface area contributed by atoms with E-state index in [4.69, 9.17) is 0 Å². The van der Waals surface area contributed by atoms with Gasteiger partial charge in [-0.2, -0.15) is 0 Å². The van der Waals surface area contributed by atoms with Crippen LogP contribution < -0.4 is 0 Å². The van der Waals surface area contributed by atoms with Gasteiger partial charge in [0.2, 0.25) is 0 Å². The van der Waals surface area contributed by atoms with Gasteiger partial charge in [-0.15, -0.1) is 11.8 Å². The number of hydrogen-bond donors (Lipinski definition) is 0. The van der Waals surface area contributed by atoms with Gasteiger partial charge in [0.05, 0.1) is 0 Å². The molecule has 0 fully saturated rings. The first-order chi connectivity index (χ1) is 14.3. The predicted octanol–water partition coefficient (Wildman–Crippen LogP) is 8.95. The Bertz CT molecular complexity index is 1050. The molecule has 0 spiro atoms. The molecule has 1 heterocycles. The number of fused-ring (bicyclic) bond motifs is 2. The van der Waals surface area contributed by atoms with E-state index in [1.807, 2.05) is 0 Å². The van der Waals surface area contributed by atoms with E-state index in [0.29, 0.717) is 11.2 Å². The molecule has 0 saturated carbocycles. The molecule has 2 aliphatic rings. The van der Waals surface area contributed by atoms with Crippen LogP contribution in [-0.4, -0.2) is 5.25 Å². The van der Waals surface area contributed by atoms with E-state index in [1.54, 1.807) is 0 Å². The first-order valence-electron chi connectivity index (χ1n) is 11.6. The topological polar surface area (TPSA) is 0 Å². The lowest BCUT2D eigenvalue weighted by molar-refractivity contribution is 0.359. The van der Waals surface area contributed by atoms with E-state index in [0.717, 1.165) is 0 Å². The molecular formula is C30H38S. The van der Waals surface area contributed by atoms with Crippen molar-refractivity contribution in [3.05, 3.63) is 76.9 Å². The molecule has 2 atom stereocenters. The molecule has 2 aromatic carbocycles. The van der Waals surface area contributed by atoms with E-state index >= 15 is 0 Å². The van der Waals surface area contributed by atoms with Gasteiger partial charge in [-0.1, -0.05) is 110 Å². The van der Waals surface area contributed by atoms with Gasteiger partial charge in [-0.05, 0) is 57.1 Å². The predicted molar refractivity (Wildman–Crippen MR) is 138 cm³/mol. The van der Waals surface area contributed by atoms with Gasteiger partial charge in [-0.25, -0.2) is 0 Å². The van der Waals surface area contributed by atoms with Crippen LogP contribution in [0.3, 0.4) is 0 Å². The first-order valence-corrected chi connectivity index (χ1v) is 12.5. The lowest BCUT2D eigenvalue weighted by atomic mass is 9.65. The van der Waals surface area contributed by atoms with Gasteiger partial charge in [0, 0.05) is 16.1 Å². The van der Waals surface area contributed by atoms with Crippen molar-refractivity contribution in [1.29, 1.82) is 0 Å². The SMILES string of the molecule is CC1=CC(C(C)(C)C)=CC2C1Sc1c(-c3ccccc3)cc(C(C)(C)C)cc1C2(C)C. The minimum absolute atomic E-state index is 0.0715. The molecule has 1 aliphatic carbocycles. The van der Waals surface area contributed by atoms with E-state index < -0.39 is 0 Å². The maximum Gasteiger partial charge on any atom is 0.0375 e. The number of allylic oxidation sites excluding steroid dienone is 3. The quantitative estimate of drug-likeness (QED) is 0.435. The fourth-order valence-electron chi connectivity index (χ4n) is 4.97. The summed E-state index contributed by atoms with van der Waals surface area (Å²) in [5.41, 5.74) is 9.04. The van der Waals surface area contributed by atoms with E-state index in [2.05, 4.69) is 129 Å². The second-order valence-electron chi connectivity index (χ2n) is 12.1. The molecule has 0 radical (unpaired) electrons. The molecule has 1 aliphatic heterocycles. The second-order valence-corrected chi connectivity index (χ2v) is 13.2. The lowest BCUT2D eigenvalue weighted by Crippen LogP contribution is -2.41. The zero-order valence-electron chi connectivity index (χ0n) is 20.8. The van der Waals surface area contributed by atoms with Crippen molar-refractivity contribution in [1.82, 2.24) is 0 Å². The van der Waals surface area contributed by atoms with Crippen LogP contribution in [0.15, 0.2) is 70.7 Å². The van der Waals surface area contributed by atoms with Gasteiger partial charge in [-0.3, -0.25) is 0 Å². The Kier molecular flexibility index (Phi) is 5.37. The molecule has 0 saturated heterocycles. The summed E-state index contributed by atoms with van der Waals surface area (Å²) >= 11 is 2.09. The van der Waals surface area contributed by atoms with Crippen LogP contribution in [0.2, 0.25) is 0 Å². The summed E-state index contributed by atoms with van der Waals surface area (Å²) in [7, 11) is 0. The third-order valence-electron chi connectivity index (χ3n) is 7.20. The van der Waals surface area contributed by atoms with E-state index in [9.17, 15) is 0 Å². The molecule has 4 rings (SSSR count). The monoisotopic (exact) mass is 430 g/mol. The molecule has 0 N–H and O–H groups in total. The van der Waals surface area contributed by atoms with Gasteiger partial charge in [0.25, 0.3) is 0 Å². The fourth-order valence-corrected chi connectivity index (χ4v) is 6.79. The van der Waals surface area contributed by atoms with Crippen molar-refractivity contribution in [3.8, 4) is 11.1 Å². The number of thioether (sulfide) groups is 1. The standard InChI is InChI=1S/C30H38S/c1-19-15-21(28(2,3)4)17-24-26(19)31-27-23(20-13-11-10-12-14-20)16-22(29(5,6)7)18-25(27)30(24,8)9/h10-18,24,26H,1-9H3. The highest BCUT2D eigenvalue weighted by Gasteiger charge is 2.45. The Morgan fingerprint density at radius 3 is 2.10 bits per heavy atom. The highest BCUT2D eigenvalue weighted by molar-refractivity contribution is 8.00. The third-order valence-corrected chi connectivity index (χ3v) is 8.79. The molecule has 31 heavy (non-hydrogen) atoms. The molecular weight excluding hydrogens is 392 g/mol. The molecule has 0 aromatic heterocycles. The van der Waals surface area contributed by atoms with Crippen LogP contribution in [0.25, 0.3) is 11.1 Å². The first kappa shape index (κ1) is 22.5. The molecule has 2 unspecified atom stereocenters. The van der Waals surface area contributed by atoms with Crippen molar-refractivity contribution >= 4 is 11.8 Å². The maximum atomic E-state index is 2.60. The molecule has 2 aromatic rings. The Labute approximate surface area is 194 Å². The maximum absolute atomic E-state index is 2.60. The molecule has 1 heteroatoms. The highest BCUT2D eigenvalue weighted by Crippen LogP contribution is 2.57. The minimum Gasteiger partial charge on any atom is -0.117 e. The summed E-state index contributed by atoms with van der Waals surface area (Å²) in [6.07, 6.45) is 5.06. The summed E-state index contributed by atoms with van der Waals surface area (Å²) in [6, 6.07) is 15.9. The summed E-state index contributed by atoms with van der Waals surface area (Å²) in [5, 5.41) is 0.497. The normalized spacial score (nSPS) is 22.9. The Hall–Kier alpha value is -1.73. The van der Waals surface area contributed by atoms with Crippen molar-refractivity contribution in [3.63, 3.8) is 0 Å². The average Bonchev–Trinajstić information content (AvgIpc) is 2.67. The fraction of sp³-hybridized carbons (Fsp3) is 0.467. The van der Waals surface area contributed by atoms with Crippen molar-refractivity contribution in [2.45, 2.75) is 83.3 Å². The van der Waals surface area contributed by atoms with Gasteiger partial charge >= 0.3 is 0 Å². The van der Waals surface area contributed by atoms with E-state index in [-0.39, 0.29) is 16.2 Å². The van der Waals surface area contributed by atoms with Crippen LogP contribution >= 0.6 is 11.8 Å². The van der Waals surface area contributed by atoms with E-state index in [1.165, 1.54) is 38.3 Å².